The fraction of sp³-hybridized carbons (Fsp3) is 0.385. The van der Waals surface area contributed by atoms with Crippen molar-refractivity contribution < 1.29 is 14.0 Å². The zero-order chi connectivity index (χ0) is 24.0. The zero-order valence-electron chi connectivity index (χ0n) is 19.7. The summed E-state index contributed by atoms with van der Waals surface area (Å²) in [6.45, 7) is 9.63. The largest absolute Gasteiger partial charge is 0.459 e. The predicted octanol–water partition coefficient (Wildman–Crippen LogP) is 5.32. The summed E-state index contributed by atoms with van der Waals surface area (Å²) in [5.74, 6) is 0.146. The molecule has 1 aromatic carbocycles. The summed E-state index contributed by atoms with van der Waals surface area (Å²) in [7, 11) is 0. The molecule has 33 heavy (non-hydrogen) atoms. The van der Waals surface area contributed by atoms with E-state index in [-0.39, 0.29) is 36.1 Å². The maximum absolute atomic E-state index is 13.4. The summed E-state index contributed by atoms with van der Waals surface area (Å²) in [5, 5.41) is 0.719. The first-order chi connectivity index (χ1) is 15.8. The van der Waals surface area contributed by atoms with Crippen LogP contribution in [0.2, 0.25) is 5.02 Å². The summed E-state index contributed by atoms with van der Waals surface area (Å²) >= 11 is 6.35. The van der Waals surface area contributed by atoms with Gasteiger partial charge >= 0.3 is 0 Å². The molecule has 3 aromatic rings. The highest BCUT2D eigenvalue weighted by molar-refractivity contribution is 6.31. The molecule has 0 saturated heterocycles. The van der Waals surface area contributed by atoms with E-state index in [1.165, 1.54) is 6.26 Å². The van der Waals surface area contributed by atoms with Gasteiger partial charge in [0.1, 0.15) is 6.54 Å². The van der Waals surface area contributed by atoms with Crippen LogP contribution in [0.1, 0.15) is 49.5 Å². The van der Waals surface area contributed by atoms with Crippen molar-refractivity contribution in [3.63, 3.8) is 0 Å². The third kappa shape index (κ3) is 6.51. The lowest BCUT2D eigenvalue weighted by molar-refractivity contribution is -0.133. The second-order valence-corrected chi connectivity index (χ2v) is 9.30. The Morgan fingerprint density at radius 3 is 2.42 bits per heavy atom. The minimum absolute atomic E-state index is 0.00482. The number of carbonyl (C=O) groups excluding carboxylic acids is 2. The molecule has 0 aliphatic heterocycles. The fourth-order valence-corrected chi connectivity index (χ4v) is 3.92. The second-order valence-electron chi connectivity index (χ2n) is 8.89. The maximum atomic E-state index is 13.4. The van der Waals surface area contributed by atoms with E-state index in [4.69, 9.17) is 16.0 Å². The molecule has 0 bridgehead atoms. The highest BCUT2D eigenvalue weighted by atomic mass is 35.5. The summed E-state index contributed by atoms with van der Waals surface area (Å²) in [6.07, 6.45) is 3.46. The van der Waals surface area contributed by atoms with Gasteiger partial charge in [0, 0.05) is 36.0 Å². The molecule has 2 heterocycles. The third-order valence-electron chi connectivity index (χ3n) is 5.43. The molecule has 2 aromatic heterocycles. The zero-order valence-corrected chi connectivity index (χ0v) is 20.5. The summed E-state index contributed by atoms with van der Waals surface area (Å²) in [6, 6.07) is 14.9. The normalized spacial score (nSPS) is 11.2. The highest BCUT2D eigenvalue weighted by Gasteiger charge is 2.26. The van der Waals surface area contributed by atoms with E-state index >= 15 is 0 Å². The summed E-state index contributed by atoms with van der Waals surface area (Å²) in [5.41, 5.74) is 2.03. The van der Waals surface area contributed by atoms with Crippen LogP contribution in [-0.4, -0.2) is 45.3 Å². The number of halogens is 1. The van der Waals surface area contributed by atoms with Crippen LogP contribution in [0.4, 0.5) is 0 Å². The molecule has 7 heteroatoms. The van der Waals surface area contributed by atoms with Crippen molar-refractivity contribution in [3.8, 4) is 0 Å². The van der Waals surface area contributed by atoms with Gasteiger partial charge < -0.3 is 18.8 Å². The molecule has 0 spiro atoms. The molecule has 0 aliphatic carbocycles. The van der Waals surface area contributed by atoms with Crippen LogP contribution in [0.3, 0.4) is 0 Å². The lowest BCUT2D eigenvalue weighted by Gasteiger charge is -2.30. The first-order valence-corrected chi connectivity index (χ1v) is 11.6. The first kappa shape index (κ1) is 24.6. The highest BCUT2D eigenvalue weighted by Crippen LogP contribution is 2.19. The van der Waals surface area contributed by atoms with E-state index in [2.05, 4.69) is 18.4 Å². The van der Waals surface area contributed by atoms with Gasteiger partial charge in [0.05, 0.1) is 12.8 Å². The van der Waals surface area contributed by atoms with Gasteiger partial charge in [-0.25, -0.2) is 0 Å². The van der Waals surface area contributed by atoms with Gasteiger partial charge in [-0.3, -0.25) is 9.59 Å². The quantitative estimate of drug-likeness (QED) is 0.404. The first-order valence-electron chi connectivity index (χ1n) is 11.3. The van der Waals surface area contributed by atoms with E-state index in [9.17, 15) is 9.59 Å². The number of aromatic nitrogens is 1. The van der Waals surface area contributed by atoms with Crippen molar-refractivity contribution in [1.82, 2.24) is 14.4 Å². The number of hydrogen-bond acceptors (Lipinski definition) is 3. The molecule has 6 nitrogen and oxygen atoms in total. The molecule has 3 rings (SSSR count). The lowest BCUT2D eigenvalue weighted by Crippen LogP contribution is -2.46. The molecule has 0 saturated carbocycles. The molecule has 0 fully saturated rings. The summed E-state index contributed by atoms with van der Waals surface area (Å²) < 4.78 is 7.38. The van der Waals surface area contributed by atoms with Crippen molar-refractivity contribution >= 4 is 23.4 Å². The fourth-order valence-electron chi connectivity index (χ4n) is 3.72. The number of benzene rings is 1. The van der Waals surface area contributed by atoms with Crippen molar-refractivity contribution in [1.29, 1.82) is 0 Å². The van der Waals surface area contributed by atoms with Gasteiger partial charge in [0.25, 0.3) is 5.91 Å². The molecule has 0 radical (unpaired) electrons. The SMILES string of the molecule is CC(C)CN(Cc1cccn1Cc1ccccc1Cl)C(=O)CN(C(=O)c1ccco1)C(C)C. The van der Waals surface area contributed by atoms with E-state index in [1.807, 2.05) is 61.3 Å². The van der Waals surface area contributed by atoms with Crippen LogP contribution in [-0.2, 0) is 17.9 Å². The Labute approximate surface area is 200 Å². The van der Waals surface area contributed by atoms with Crippen LogP contribution in [0.15, 0.2) is 65.4 Å². The lowest BCUT2D eigenvalue weighted by atomic mass is 10.2. The van der Waals surface area contributed by atoms with E-state index in [0.717, 1.165) is 16.3 Å². The number of rotatable bonds is 10. The minimum Gasteiger partial charge on any atom is -0.459 e. The molecule has 0 aliphatic rings. The van der Waals surface area contributed by atoms with Gasteiger partial charge in [-0.1, -0.05) is 43.6 Å². The molecule has 0 N–H and O–H groups in total. The number of amides is 2. The van der Waals surface area contributed by atoms with E-state index in [0.29, 0.717) is 19.6 Å². The van der Waals surface area contributed by atoms with Crippen LogP contribution in [0.25, 0.3) is 0 Å². The second kappa shape index (κ2) is 11.2. The molecular weight excluding hydrogens is 438 g/mol. The molecule has 2 amide bonds. The van der Waals surface area contributed by atoms with E-state index in [1.54, 1.807) is 17.0 Å². The molecular formula is C26H32ClN3O3. The Kier molecular flexibility index (Phi) is 8.39. The maximum Gasteiger partial charge on any atom is 0.290 e. The van der Waals surface area contributed by atoms with Crippen LogP contribution < -0.4 is 0 Å². The van der Waals surface area contributed by atoms with Crippen molar-refractivity contribution in [2.75, 3.05) is 13.1 Å². The monoisotopic (exact) mass is 469 g/mol. The van der Waals surface area contributed by atoms with Gasteiger partial charge in [-0.15, -0.1) is 0 Å². The van der Waals surface area contributed by atoms with Gasteiger partial charge in [0.2, 0.25) is 5.91 Å². The Morgan fingerprint density at radius 2 is 1.79 bits per heavy atom. The topological polar surface area (TPSA) is 58.7 Å². The predicted molar refractivity (Wildman–Crippen MR) is 130 cm³/mol. The van der Waals surface area contributed by atoms with Crippen molar-refractivity contribution in [2.45, 2.75) is 46.8 Å². The minimum atomic E-state index is -0.282. The third-order valence-corrected chi connectivity index (χ3v) is 5.80. The van der Waals surface area contributed by atoms with Gasteiger partial charge in [-0.05, 0) is 55.7 Å². The number of hydrogen-bond donors (Lipinski definition) is 0. The molecule has 0 unspecified atom stereocenters. The number of carbonyl (C=O) groups is 2. The molecule has 0 atom stereocenters. The van der Waals surface area contributed by atoms with E-state index < -0.39 is 0 Å². The average molecular weight is 470 g/mol. The van der Waals surface area contributed by atoms with Crippen molar-refractivity contribution in [3.05, 3.63) is 83.0 Å². The smallest absolute Gasteiger partial charge is 0.290 e. The molecule has 176 valence electrons. The Hall–Kier alpha value is -2.99. The van der Waals surface area contributed by atoms with Crippen LogP contribution in [0.5, 0.6) is 0 Å². The van der Waals surface area contributed by atoms with Gasteiger partial charge in [-0.2, -0.15) is 0 Å². The number of nitrogens with zero attached hydrogens (tertiary/aromatic N) is 3. The Balaban J connectivity index is 1.77. The summed E-state index contributed by atoms with van der Waals surface area (Å²) in [4.78, 5) is 29.6. The Bertz CT molecular complexity index is 1060. The number of furan rings is 1. The van der Waals surface area contributed by atoms with Crippen molar-refractivity contribution in [2.24, 2.45) is 5.92 Å². The Morgan fingerprint density at radius 1 is 1.03 bits per heavy atom. The average Bonchev–Trinajstić information content (AvgIpc) is 3.44. The van der Waals surface area contributed by atoms with Gasteiger partial charge in [0.15, 0.2) is 5.76 Å². The van der Waals surface area contributed by atoms with Crippen LogP contribution in [0, 0.1) is 5.92 Å². The standard InChI is InChI=1S/C26H32ClN3O3/c1-19(2)15-29(25(31)18-30(20(3)4)26(32)24-12-8-14-33-24)17-22-10-7-13-28(22)16-21-9-5-6-11-23(21)27/h5-14,19-20H,15-18H2,1-4H3. The van der Waals surface area contributed by atoms with Crippen LogP contribution >= 0.6 is 11.6 Å².